The molecule has 1 unspecified atom stereocenters. The highest BCUT2D eigenvalue weighted by Gasteiger charge is 2.30. The predicted molar refractivity (Wildman–Crippen MR) is 104 cm³/mol. The Balaban J connectivity index is 1.81. The van der Waals surface area contributed by atoms with Crippen LogP contribution in [0.25, 0.3) is 11.3 Å². The van der Waals surface area contributed by atoms with Gasteiger partial charge in [-0.1, -0.05) is 23.7 Å². The Morgan fingerprint density at radius 1 is 1.03 bits per heavy atom. The fourth-order valence-corrected chi connectivity index (χ4v) is 2.70. The maximum Gasteiger partial charge on any atom is 0.416 e. The Morgan fingerprint density at radius 2 is 1.66 bits per heavy atom. The largest absolute Gasteiger partial charge is 0.416 e. The molecule has 0 saturated heterocycles. The standard InChI is InChI=1S/C20H15ClF3N3O2/c1-12(19(29)25-16-8-4-14(5-9-16)20(22,23)24)27-18(28)11-10-17(26-27)13-2-6-15(21)7-3-13/h2-12H,1H3,(H,25,29). The summed E-state index contributed by atoms with van der Waals surface area (Å²) in [4.78, 5) is 24.7. The maximum atomic E-state index is 12.6. The van der Waals surface area contributed by atoms with Crippen LogP contribution in [0.15, 0.2) is 65.5 Å². The molecule has 3 rings (SSSR count). The van der Waals surface area contributed by atoms with E-state index in [9.17, 15) is 22.8 Å². The van der Waals surface area contributed by atoms with Crippen molar-refractivity contribution in [1.82, 2.24) is 9.78 Å². The van der Waals surface area contributed by atoms with E-state index in [1.165, 1.54) is 19.1 Å². The molecule has 0 aliphatic carbocycles. The molecule has 5 nitrogen and oxygen atoms in total. The monoisotopic (exact) mass is 421 g/mol. The van der Waals surface area contributed by atoms with Gasteiger partial charge in [0.05, 0.1) is 11.3 Å². The molecule has 1 amide bonds. The number of hydrogen-bond donors (Lipinski definition) is 1. The average Bonchev–Trinajstić information content (AvgIpc) is 2.68. The van der Waals surface area contributed by atoms with E-state index in [-0.39, 0.29) is 5.69 Å². The second-order valence-corrected chi connectivity index (χ2v) is 6.69. The van der Waals surface area contributed by atoms with Gasteiger partial charge in [0.15, 0.2) is 0 Å². The van der Waals surface area contributed by atoms with Gasteiger partial charge in [-0.15, -0.1) is 0 Å². The number of carbonyl (C=O) groups is 1. The molecular formula is C20H15ClF3N3O2. The van der Waals surface area contributed by atoms with Crippen LogP contribution < -0.4 is 10.9 Å². The van der Waals surface area contributed by atoms with Crippen LogP contribution in [0.2, 0.25) is 5.02 Å². The van der Waals surface area contributed by atoms with E-state index >= 15 is 0 Å². The number of benzene rings is 2. The number of hydrogen-bond acceptors (Lipinski definition) is 3. The van der Waals surface area contributed by atoms with E-state index in [1.807, 2.05) is 0 Å². The fraction of sp³-hybridized carbons (Fsp3) is 0.150. The molecule has 1 aromatic heterocycles. The van der Waals surface area contributed by atoms with Crippen molar-refractivity contribution in [2.45, 2.75) is 19.1 Å². The summed E-state index contributed by atoms with van der Waals surface area (Å²) in [6.45, 7) is 1.47. The van der Waals surface area contributed by atoms with E-state index in [0.29, 0.717) is 16.3 Å². The smallest absolute Gasteiger partial charge is 0.324 e. The topological polar surface area (TPSA) is 64.0 Å². The first kappa shape index (κ1) is 20.6. The van der Waals surface area contributed by atoms with Gasteiger partial charge in [0.2, 0.25) is 5.91 Å². The summed E-state index contributed by atoms with van der Waals surface area (Å²) in [5.41, 5.74) is 0.0422. The summed E-state index contributed by atoms with van der Waals surface area (Å²) in [5.74, 6) is -0.590. The number of nitrogens with one attached hydrogen (secondary N) is 1. The van der Waals surface area contributed by atoms with Gasteiger partial charge in [-0.25, -0.2) is 4.68 Å². The molecule has 0 aliphatic heterocycles. The number of aromatic nitrogens is 2. The summed E-state index contributed by atoms with van der Waals surface area (Å²) in [7, 11) is 0. The highest BCUT2D eigenvalue weighted by atomic mass is 35.5. The Bertz CT molecular complexity index is 1080. The number of amides is 1. The second kappa shape index (κ2) is 8.08. The van der Waals surface area contributed by atoms with Gasteiger partial charge in [0.25, 0.3) is 5.56 Å². The molecule has 0 aliphatic rings. The first-order chi connectivity index (χ1) is 13.6. The van der Waals surface area contributed by atoms with Crippen molar-refractivity contribution >= 4 is 23.2 Å². The highest BCUT2D eigenvalue weighted by molar-refractivity contribution is 6.30. The average molecular weight is 422 g/mol. The Kier molecular flexibility index (Phi) is 5.74. The molecular weight excluding hydrogens is 407 g/mol. The number of anilines is 1. The van der Waals surface area contributed by atoms with E-state index in [4.69, 9.17) is 11.6 Å². The number of alkyl halides is 3. The molecule has 2 aromatic carbocycles. The summed E-state index contributed by atoms with van der Waals surface area (Å²) < 4.78 is 38.9. The van der Waals surface area contributed by atoms with Crippen LogP contribution in [0.1, 0.15) is 18.5 Å². The van der Waals surface area contributed by atoms with Crippen LogP contribution in [-0.4, -0.2) is 15.7 Å². The van der Waals surface area contributed by atoms with E-state index in [1.54, 1.807) is 24.3 Å². The zero-order valence-corrected chi connectivity index (χ0v) is 15.8. The minimum absolute atomic E-state index is 0.178. The first-order valence-corrected chi connectivity index (χ1v) is 8.87. The molecule has 0 fully saturated rings. The molecule has 0 saturated carbocycles. The van der Waals surface area contributed by atoms with Gasteiger partial charge < -0.3 is 5.32 Å². The third kappa shape index (κ3) is 4.83. The Labute approximate surface area is 168 Å². The number of carbonyl (C=O) groups excluding carboxylic acids is 1. The highest BCUT2D eigenvalue weighted by Crippen LogP contribution is 2.30. The number of nitrogens with zero attached hydrogens (tertiary/aromatic N) is 2. The quantitative estimate of drug-likeness (QED) is 0.659. The van der Waals surface area contributed by atoms with E-state index < -0.39 is 29.2 Å². The first-order valence-electron chi connectivity index (χ1n) is 8.49. The van der Waals surface area contributed by atoms with Crippen molar-refractivity contribution in [3.8, 4) is 11.3 Å². The minimum atomic E-state index is -4.46. The third-order valence-corrected chi connectivity index (χ3v) is 4.44. The SMILES string of the molecule is CC(C(=O)Nc1ccc(C(F)(F)F)cc1)n1nc(-c2ccc(Cl)cc2)ccc1=O. The predicted octanol–water partition coefficient (Wildman–Crippen LogP) is 4.78. The maximum absolute atomic E-state index is 12.6. The number of rotatable bonds is 4. The molecule has 0 radical (unpaired) electrons. The minimum Gasteiger partial charge on any atom is -0.324 e. The lowest BCUT2D eigenvalue weighted by molar-refractivity contribution is -0.137. The second-order valence-electron chi connectivity index (χ2n) is 6.25. The van der Waals surface area contributed by atoms with Gasteiger partial charge in [0.1, 0.15) is 6.04 Å². The summed E-state index contributed by atoms with van der Waals surface area (Å²) in [6.07, 6.45) is -4.46. The van der Waals surface area contributed by atoms with Gasteiger partial charge in [-0.05, 0) is 49.4 Å². The van der Waals surface area contributed by atoms with E-state index in [2.05, 4.69) is 10.4 Å². The van der Waals surface area contributed by atoms with Crippen molar-refractivity contribution in [3.05, 3.63) is 81.6 Å². The van der Waals surface area contributed by atoms with Gasteiger partial charge in [-0.3, -0.25) is 9.59 Å². The zero-order valence-electron chi connectivity index (χ0n) is 15.1. The molecule has 9 heteroatoms. The van der Waals surface area contributed by atoms with Gasteiger partial charge in [-0.2, -0.15) is 18.3 Å². The van der Waals surface area contributed by atoms with Crippen LogP contribution >= 0.6 is 11.6 Å². The van der Waals surface area contributed by atoms with E-state index in [0.717, 1.165) is 28.9 Å². The van der Waals surface area contributed by atoms with Crippen molar-refractivity contribution < 1.29 is 18.0 Å². The van der Waals surface area contributed by atoms with Gasteiger partial charge >= 0.3 is 6.18 Å². The zero-order chi connectivity index (χ0) is 21.2. The van der Waals surface area contributed by atoms with Crippen molar-refractivity contribution in [3.63, 3.8) is 0 Å². The van der Waals surface area contributed by atoms with Gasteiger partial charge in [0, 0.05) is 22.3 Å². The molecule has 150 valence electrons. The van der Waals surface area contributed by atoms with Crippen molar-refractivity contribution in [2.75, 3.05) is 5.32 Å². The van der Waals surface area contributed by atoms with Crippen LogP contribution in [-0.2, 0) is 11.0 Å². The van der Waals surface area contributed by atoms with Crippen molar-refractivity contribution in [1.29, 1.82) is 0 Å². The summed E-state index contributed by atoms with van der Waals surface area (Å²) in [6, 6.07) is 12.7. The van der Waals surface area contributed by atoms with Crippen LogP contribution in [0.4, 0.5) is 18.9 Å². The molecule has 0 bridgehead atoms. The molecule has 3 aromatic rings. The number of halogens is 4. The normalized spacial score (nSPS) is 12.4. The molecule has 1 heterocycles. The molecule has 0 spiro atoms. The summed E-state index contributed by atoms with van der Waals surface area (Å²) in [5, 5.41) is 7.27. The van der Waals surface area contributed by atoms with Crippen LogP contribution in [0.3, 0.4) is 0 Å². The fourth-order valence-electron chi connectivity index (χ4n) is 2.58. The van der Waals surface area contributed by atoms with Crippen LogP contribution in [0, 0.1) is 0 Å². The molecule has 29 heavy (non-hydrogen) atoms. The molecule has 1 atom stereocenters. The summed E-state index contributed by atoms with van der Waals surface area (Å²) >= 11 is 5.87. The lowest BCUT2D eigenvalue weighted by Crippen LogP contribution is -2.33. The lowest BCUT2D eigenvalue weighted by atomic mass is 10.1. The molecule has 1 N–H and O–H groups in total. The Hall–Kier alpha value is -3.13. The van der Waals surface area contributed by atoms with Crippen molar-refractivity contribution in [2.24, 2.45) is 0 Å². The van der Waals surface area contributed by atoms with Crippen LogP contribution in [0.5, 0.6) is 0 Å². The lowest BCUT2D eigenvalue weighted by Gasteiger charge is -2.15. The Morgan fingerprint density at radius 3 is 2.24 bits per heavy atom. The third-order valence-electron chi connectivity index (χ3n) is 4.19.